The van der Waals surface area contributed by atoms with Gasteiger partial charge in [0.2, 0.25) is 0 Å². The van der Waals surface area contributed by atoms with Crippen LogP contribution in [0.1, 0.15) is 18.1 Å². The predicted octanol–water partition coefficient (Wildman–Crippen LogP) is 3.25. The lowest BCUT2D eigenvalue weighted by atomic mass is 10.1. The highest BCUT2D eigenvalue weighted by Gasteiger charge is 2.17. The molecule has 5 nitrogen and oxygen atoms in total. The predicted molar refractivity (Wildman–Crippen MR) is 92.0 cm³/mol. The standard InChI is InChI=1S/C19H21NO4/c1-13-9-10-16(11-14(13)2)20-18(21)12-23-19(22)15(3)24-17-7-5-4-6-8-17/h4-11,15H,12H2,1-3H3,(H,20,21)/t15-/m1/s1. The van der Waals surface area contributed by atoms with Crippen LogP contribution < -0.4 is 10.1 Å². The van der Waals surface area contributed by atoms with Crippen molar-refractivity contribution in [2.75, 3.05) is 11.9 Å². The average Bonchev–Trinajstić information content (AvgIpc) is 2.57. The van der Waals surface area contributed by atoms with E-state index in [-0.39, 0.29) is 6.61 Å². The Labute approximate surface area is 141 Å². The molecule has 0 saturated carbocycles. The molecule has 1 N–H and O–H groups in total. The van der Waals surface area contributed by atoms with Crippen molar-refractivity contribution in [2.45, 2.75) is 26.9 Å². The third kappa shape index (κ3) is 5.12. The maximum absolute atomic E-state index is 11.9. The Kier molecular flexibility index (Phi) is 5.95. The third-order valence-electron chi connectivity index (χ3n) is 3.52. The van der Waals surface area contributed by atoms with Gasteiger partial charge in [0.15, 0.2) is 12.7 Å². The molecule has 0 aliphatic carbocycles. The topological polar surface area (TPSA) is 64.6 Å². The van der Waals surface area contributed by atoms with E-state index in [9.17, 15) is 9.59 Å². The molecule has 0 unspecified atom stereocenters. The quantitative estimate of drug-likeness (QED) is 0.827. The fourth-order valence-electron chi connectivity index (χ4n) is 2.02. The first-order valence-electron chi connectivity index (χ1n) is 7.71. The van der Waals surface area contributed by atoms with Crippen molar-refractivity contribution in [3.63, 3.8) is 0 Å². The molecule has 0 fully saturated rings. The van der Waals surface area contributed by atoms with Gasteiger partial charge in [0.1, 0.15) is 5.75 Å². The smallest absolute Gasteiger partial charge is 0.347 e. The van der Waals surface area contributed by atoms with Crippen LogP contribution in [0.4, 0.5) is 5.69 Å². The number of amides is 1. The van der Waals surface area contributed by atoms with Crippen LogP contribution >= 0.6 is 0 Å². The summed E-state index contributed by atoms with van der Waals surface area (Å²) in [5.74, 6) is -0.408. The van der Waals surface area contributed by atoms with Crippen molar-refractivity contribution in [3.05, 3.63) is 59.7 Å². The maximum atomic E-state index is 11.9. The summed E-state index contributed by atoms with van der Waals surface area (Å²) in [5.41, 5.74) is 2.90. The zero-order chi connectivity index (χ0) is 17.5. The number of benzene rings is 2. The van der Waals surface area contributed by atoms with E-state index < -0.39 is 18.0 Å². The van der Waals surface area contributed by atoms with E-state index >= 15 is 0 Å². The van der Waals surface area contributed by atoms with Crippen molar-refractivity contribution < 1.29 is 19.1 Å². The molecule has 2 rings (SSSR count). The highest BCUT2D eigenvalue weighted by atomic mass is 16.6. The molecule has 0 aliphatic rings. The number of hydrogen-bond acceptors (Lipinski definition) is 4. The summed E-state index contributed by atoms with van der Waals surface area (Å²) in [6.07, 6.45) is -0.790. The summed E-state index contributed by atoms with van der Waals surface area (Å²) in [5, 5.41) is 2.70. The Balaban J connectivity index is 1.80. The van der Waals surface area contributed by atoms with E-state index in [1.165, 1.54) is 0 Å². The summed E-state index contributed by atoms with van der Waals surface area (Å²) in [6, 6.07) is 14.6. The van der Waals surface area contributed by atoms with Crippen molar-refractivity contribution >= 4 is 17.6 Å². The van der Waals surface area contributed by atoms with E-state index in [2.05, 4.69) is 5.32 Å². The van der Waals surface area contributed by atoms with E-state index in [0.29, 0.717) is 11.4 Å². The highest BCUT2D eigenvalue weighted by Crippen LogP contribution is 2.14. The first kappa shape index (κ1) is 17.5. The van der Waals surface area contributed by atoms with Gasteiger partial charge < -0.3 is 14.8 Å². The summed E-state index contributed by atoms with van der Waals surface area (Å²) >= 11 is 0. The second-order valence-corrected chi connectivity index (χ2v) is 5.53. The molecule has 0 aliphatic heterocycles. The minimum Gasteiger partial charge on any atom is -0.479 e. The van der Waals surface area contributed by atoms with Gasteiger partial charge in [-0.15, -0.1) is 0 Å². The zero-order valence-electron chi connectivity index (χ0n) is 14.0. The lowest BCUT2D eigenvalue weighted by Crippen LogP contribution is -2.29. The Morgan fingerprint density at radius 3 is 2.42 bits per heavy atom. The molecule has 0 bridgehead atoms. The van der Waals surface area contributed by atoms with Crippen molar-refractivity contribution in [1.82, 2.24) is 0 Å². The molecule has 0 heterocycles. The Bertz CT molecular complexity index is 713. The lowest BCUT2D eigenvalue weighted by molar-refractivity contribution is -0.153. The van der Waals surface area contributed by atoms with Gasteiger partial charge in [0.25, 0.3) is 5.91 Å². The van der Waals surface area contributed by atoms with E-state index in [1.807, 2.05) is 50.2 Å². The molecule has 1 atom stereocenters. The van der Waals surface area contributed by atoms with Gasteiger partial charge in [-0.3, -0.25) is 4.79 Å². The monoisotopic (exact) mass is 327 g/mol. The van der Waals surface area contributed by atoms with Gasteiger partial charge in [-0.1, -0.05) is 24.3 Å². The number of ether oxygens (including phenoxy) is 2. The fourth-order valence-corrected chi connectivity index (χ4v) is 2.02. The third-order valence-corrected chi connectivity index (χ3v) is 3.52. The van der Waals surface area contributed by atoms with Crippen molar-refractivity contribution in [2.24, 2.45) is 0 Å². The number of nitrogens with one attached hydrogen (secondary N) is 1. The van der Waals surface area contributed by atoms with Crippen LogP contribution in [-0.2, 0) is 14.3 Å². The molecule has 126 valence electrons. The number of rotatable bonds is 6. The van der Waals surface area contributed by atoms with Gasteiger partial charge >= 0.3 is 5.97 Å². The fraction of sp³-hybridized carbons (Fsp3) is 0.263. The SMILES string of the molecule is Cc1ccc(NC(=O)COC(=O)[C@@H](C)Oc2ccccc2)cc1C. The van der Waals surface area contributed by atoms with Crippen molar-refractivity contribution in [3.8, 4) is 5.75 Å². The van der Waals surface area contributed by atoms with E-state index in [1.54, 1.807) is 19.1 Å². The van der Waals surface area contributed by atoms with Crippen LogP contribution in [-0.4, -0.2) is 24.6 Å². The summed E-state index contributed by atoms with van der Waals surface area (Å²) in [6.45, 7) is 5.19. The van der Waals surface area contributed by atoms with Crippen LogP contribution in [0.2, 0.25) is 0 Å². The molecule has 2 aromatic rings. The summed E-state index contributed by atoms with van der Waals surface area (Å²) < 4.78 is 10.4. The Hall–Kier alpha value is -2.82. The van der Waals surface area contributed by atoms with Crippen molar-refractivity contribution in [1.29, 1.82) is 0 Å². The van der Waals surface area contributed by atoms with Crippen LogP contribution in [0.15, 0.2) is 48.5 Å². The first-order valence-corrected chi connectivity index (χ1v) is 7.71. The molecular formula is C19H21NO4. The second-order valence-electron chi connectivity index (χ2n) is 5.53. The van der Waals surface area contributed by atoms with Crippen LogP contribution in [0.3, 0.4) is 0 Å². The number of para-hydroxylation sites is 1. The second kappa shape index (κ2) is 8.15. The van der Waals surface area contributed by atoms with E-state index in [4.69, 9.17) is 9.47 Å². The molecule has 5 heteroatoms. The molecule has 0 saturated heterocycles. The molecule has 0 spiro atoms. The Morgan fingerprint density at radius 1 is 1.04 bits per heavy atom. The molecule has 1 amide bonds. The highest BCUT2D eigenvalue weighted by molar-refractivity contribution is 5.93. The largest absolute Gasteiger partial charge is 0.479 e. The van der Waals surface area contributed by atoms with Crippen LogP contribution in [0.25, 0.3) is 0 Å². The number of carbonyl (C=O) groups is 2. The molecule has 2 aromatic carbocycles. The first-order chi connectivity index (χ1) is 11.5. The van der Waals surface area contributed by atoms with Gasteiger partial charge in [0, 0.05) is 5.69 Å². The van der Waals surface area contributed by atoms with Crippen LogP contribution in [0.5, 0.6) is 5.75 Å². The summed E-state index contributed by atoms with van der Waals surface area (Å²) in [7, 11) is 0. The molecular weight excluding hydrogens is 306 g/mol. The van der Waals surface area contributed by atoms with Gasteiger partial charge in [-0.05, 0) is 56.2 Å². The number of aryl methyl sites for hydroxylation is 2. The number of anilines is 1. The summed E-state index contributed by atoms with van der Waals surface area (Å²) in [4.78, 5) is 23.7. The zero-order valence-corrected chi connectivity index (χ0v) is 14.0. The van der Waals surface area contributed by atoms with E-state index in [0.717, 1.165) is 11.1 Å². The maximum Gasteiger partial charge on any atom is 0.347 e. The molecule has 24 heavy (non-hydrogen) atoms. The van der Waals surface area contributed by atoms with Gasteiger partial charge in [-0.2, -0.15) is 0 Å². The van der Waals surface area contributed by atoms with Gasteiger partial charge in [-0.25, -0.2) is 4.79 Å². The lowest BCUT2D eigenvalue weighted by Gasteiger charge is -2.14. The minimum absolute atomic E-state index is 0.353. The Morgan fingerprint density at radius 2 is 1.75 bits per heavy atom. The minimum atomic E-state index is -0.790. The normalized spacial score (nSPS) is 11.5. The average molecular weight is 327 g/mol. The van der Waals surface area contributed by atoms with Crippen LogP contribution in [0, 0.1) is 13.8 Å². The number of hydrogen-bond donors (Lipinski definition) is 1. The number of esters is 1. The number of carbonyl (C=O) groups excluding carboxylic acids is 2. The molecule has 0 radical (unpaired) electrons. The van der Waals surface area contributed by atoms with Gasteiger partial charge in [0.05, 0.1) is 0 Å². The molecule has 0 aromatic heterocycles.